The maximum atomic E-state index is 11.4. The van der Waals surface area contributed by atoms with Gasteiger partial charge >= 0.3 is 0 Å². The molecular weight excluding hydrogens is 214 g/mol. The fourth-order valence-electron chi connectivity index (χ4n) is 1.37. The number of hydrogen-bond acceptors (Lipinski definition) is 4. The molecule has 0 fully saturated rings. The molecule has 84 valence electrons. The number of phenolic OH excluding ortho intramolecular Hbond substituents is 1. The summed E-state index contributed by atoms with van der Waals surface area (Å²) in [5, 5.41) is 9.69. The van der Waals surface area contributed by atoms with Crippen LogP contribution in [-0.4, -0.2) is 19.8 Å². The third-order valence-electron chi connectivity index (χ3n) is 2.24. The quantitative estimate of drug-likeness (QED) is 0.804. The number of benzene rings is 1. The zero-order chi connectivity index (χ0) is 11.6. The molecule has 0 saturated heterocycles. The van der Waals surface area contributed by atoms with Gasteiger partial charge in [-0.05, 0) is 18.1 Å². The van der Waals surface area contributed by atoms with Gasteiger partial charge in [-0.25, -0.2) is 8.42 Å². The molecule has 0 aliphatic rings. The van der Waals surface area contributed by atoms with Crippen LogP contribution in [0.15, 0.2) is 17.0 Å². The third kappa shape index (κ3) is 2.49. The van der Waals surface area contributed by atoms with Crippen molar-refractivity contribution in [2.24, 2.45) is 5.73 Å². The lowest BCUT2D eigenvalue weighted by Gasteiger charge is -2.09. The largest absolute Gasteiger partial charge is 0.506 e. The Morgan fingerprint density at radius 1 is 1.40 bits per heavy atom. The van der Waals surface area contributed by atoms with Crippen LogP contribution in [0, 0.1) is 0 Å². The van der Waals surface area contributed by atoms with Gasteiger partial charge in [0.1, 0.15) is 10.6 Å². The molecule has 15 heavy (non-hydrogen) atoms. The number of hydrogen-bond donors (Lipinski definition) is 2. The lowest BCUT2D eigenvalue weighted by molar-refractivity contribution is 0.451. The summed E-state index contributed by atoms with van der Waals surface area (Å²) in [6.45, 7) is 2.04. The highest BCUT2D eigenvalue weighted by molar-refractivity contribution is 7.90. The van der Waals surface area contributed by atoms with E-state index in [1.807, 2.05) is 6.92 Å². The summed E-state index contributed by atoms with van der Waals surface area (Å²) in [5.74, 6) is -0.225. The number of aromatic hydroxyl groups is 1. The molecule has 0 amide bonds. The Labute approximate surface area is 89.7 Å². The summed E-state index contributed by atoms with van der Waals surface area (Å²) >= 11 is 0. The van der Waals surface area contributed by atoms with Gasteiger partial charge < -0.3 is 10.8 Å². The third-order valence-corrected chi connectivity index (χ3v) is 3.35. The predicted octanol–water partition coefficient (Wildman–Crippen LogP) is 0.817. The van der Waals surface area contributed by atoms with Crippen molar-refractivity contribution < 1.29 is 13.5 Å². The smallest absolute Gasteiger partial charge is 0.179 e. The normalized spacial score (nSPS) is 11.7. The Morgan fingerprint density at radius 2 is 2.00 bits per heavy atom. The number of aryl methyl sites for hydroxylation is 1. The molecule has 0 unspecified atom stereocenters. The van der Waals surface area contributed by atoms with Crippen LogP contribution in [-0.2, 0) is 22.8 Å². The van der Waals surface area contributed by atoms with Crippen molar-refractivity contribution in [1.82, 2.24) is 0 Å². The summed E-state index contributed by atoms with van der Waals surface area (Å²) < 4.78 is 22.8. The van der Waals surface area contributed by atoms with Gasteiger partial charge in [0.2, 0.25) is 0 Å². The second kappa shape index (κ2) is 4.20. The highest BCUT2D eigenvalue weighted by atomic mass is 32.2. The molecule has 5 heteroatoms. The van der Waals surface area contributed by atoms with E-state index in [0.29, 0.717) is 12.0 Å². The molecule has 0 atom stereocenters. The van der Waals surface area contributed by atoms with Gasteiger partial charge in [0.05, 0.1) is 0 Å². The summed E-state index contributed by atoms with van der Waals surface area (Å²) in [5.41, 5.74) is 6.75. The molecule has 0 bridgehead atoms. The van der Waals surface area contributed by atoms with E-state index in [9.17, 15) is 13.5 Å². The fraction of sp³-hybridized carbons (Fsp3) is 0.400. The summed E-state index contributed by atoms with van der Waals surface area (Å²) in [6.07, 6.45) is 1.78. The molecule has 0 aliphatic carbocycles. The minimum atomic E-state index is -3.40. The van der Waals surface area contributed by atoms with Gasteiger partial charge in [-0.2, -0.15) is 0 Å². The predicted molar refractivity (Wildman–Crippen MR) is 58.5 cm³/mol. The van der Waals surface area contributed by atoms with E-state index >= 15 is 0 Å². The molecule has 1 rings (SSSR count). The van der Waals surface area contributed by atoms with Gasteiger partial charge in [-0.15, -0.1) is 0 Å². The van der Waals surface area contributed by atoms with E-state index in [-0.39, 0.29) is 17.2 Å². The van der Waals surface area contributed by atoms with Gasteiger partial charge in [0, 0.05) is 18.4 Å². The van der Waals surface area contributed by atoms with Gasteiger partial charge in [-0.3, -0.25) is 0 Å². The van der Waals surface area contributed by atoms with Crippen LogP contribution in [0.3, 0.4) is 0 Å². The molecule has 0 radical (unpaired) electrons. The molecule has 4 nitrogen and oxygen atoms in total. The lowest BCUT2D eigenvalue weighted by Crippen LogP contribution is -2.04. The topological polar surface area (TPSA) is 80.4 Å². The van der Waals surface area contributed by atoms with E-state index in [2.05, 4.69) is 0 Å². The minimum absolute atomic E-state index is 0.0395. The Morgan fingerprint density at radius 3 is 2.40 bits per heavy atom. The summed E-state index contributed by atoms with van der Waals surface area (Å²) in [4.78, 5) is -0.0395. The molecule has 0 heterocycles. The zero-order valence-corrected chi connectivity index (χ0v) is 9.63. The van der Waals surface area contributed by atoms with Crippen molar-refractivity contribution in [3.8, 4) is 5.75 Å². The molecule has 1 aromatic rings. The first-order valence-electron chi connectivity index (χ1n) is 4.65. The van der Waals surface area contributed by atoms with Crippen LogP contribution in [0.2, 0.25) is 0 Å². The van der Waals surface area contributed by atoms with Crippen molar-refractivity contribution in [2.75, 3.05) is 6.26 Å². The molecule has 1 aromatic carbocycles. The Kier molecular flexibility index (Phi) is 3.36. The van der Waals surface area contributed by atoms with E-state index in [1.165, 1.54) is 6.07 Å². The molecular formula is C10H15NO3S. The summed E-state index contributed by atoms with van der Waals surface area (Å²) in [6, 6.07) is 3.22. The highest BCUT2D eigenvalue weighted by Crippen LogP contribution is 2.28. The monoisotopic (exact) mass is 229 g/mol. The Hall–Kier alpha value is -1.07. The number of rotatable bonds is 3. The second-order valence-electron chi connectivity index (χ2n) is 3.43. The number of phenols is 1. The highest BCUT2D eigenvalue weighted by Gasteiger charge is 2.16. The van der Waals surface area contributed by atoms with Crippen molar-refractivity contribution in [3.05, 3.63) is 23.3 Å². The van der Waals surface area contributed by atoms with Crippen LogP contribution in [0.4, 0.5) is 0 Å². The van der Waals surface area contributed by atoms with E-state index in [4.69, 9.17) is 5.73 Å². The number of nitrogens with two attached hydrogens (primary N) is 1. The van der Waals surface area contributed by atoms with Gasteiger partial charge in [0.15, 0.2) is 9.84 Å². The zero-order valence-electron chi connectivity index (χ0n) is 8.82. The molecule has 0 aromatic heterocycles. The van der Waals surface area contributed by atoms with E-state index in [1.54, 1.807) is 6.07 Å². The lowest BCUT2D eigenvalue weighted by atomic mass is 10.1. The minimum Gasteiger partial charge on any atom is -0.506 e. The Balaban J connectivity index is 3.51. The first kappa shape index (κ1) is 12.0. The maximum Gasteiger partial charge on any atom is 0.179 e. The van der Waals surface area contributed by atoms with Crippen molar-refractivity contribution in [3.63, 3.8) is 0 Å². The fourth-order valence-corrected chi connectivity index (χ4v) is 2.22. The number of sulfone groups is 1. The average molecular weight is 229 g/mol. The molecule has 3 N–H and O–H groups in total. The first-order valence-corrected chi connectivity index (χ1v) is 6.54. The molecule has 0 saturated carbocycles. The summed E-state index contributed by atoms with van der Waals surface area (Å²) in [7, 11) is -3.40. The Bertz CT molecular complexity index is 466. The first-order chi connectivity index (χ1) is 6.90. The van der Waals surface area contributed by atoms with Crippen LogP contribution in [0.1, 0.15) is 18.1 Å². The van der Waals surface area contributed by atoms with Crippen LogP contribution in [0.5, 0.6) is 5.75 Å². The average Bonchev–Trinajstić information content (AvgIpc) is 2.16. The second-order valence-corrected chi connectivity index (χ2v) is 5.42. The van der Waals surface area contributed by atoms with Gasteiger partial charge in [-0.1, -0.05) is 13.0 Å². The van der Waals surface area contributed by atoms with Crippen LogP contribution < -0.4 is 5.73 Å². The SMILES string of the molecule is CCc1cc(CN)c(O)c(S(C)(=O)=O)c1. The van der Waals surface area contributed by atoms with Crippen LogP contribution in [0.25, 0.3) is 0 Å². The van der Waals surface area contributed by atoms with Crippen molar-refractivity contribution >= 4 is 9.84 Å². The molecule has 0 aliphatic heterocycles. The van der Waals surface area contributed by atoms with E-state index < -0.39 is 9.84 Å². The maximum absolute atomic E-state index is 11.4. The van der Waals surface area contributed by atoms with E-state index in [0.717, 1.165) is 11.8 Å². The van der Waals surface area contributed by atoms with Gasteiger partial charge in [0.25, 0.3) is 0 Å². The van der Waals surface area contributed by atoms with Crippen molar-refractivity contribution in [1.29, 1.82) is 0 Å². The van der Waals surface area contributed by atoms with Crippen LogP contribution >= 0.6 is 0 Å². The standard InChI is InChI=1S/C10H15NO3S/c1-3-7-4-8(6-11)10(12)9(5-7)15(2,13)14/h4-5,12H,3,6,11H2,1-2H3. The van der Waals surface area contributed by atoms with Crippen molar-refractivity contribution in [2.45, 2.75) is 24.8 Å². The molecule has 0 spiro atoms.